The van der Waals surface area contributed by atoms with Gasteiger partial charge in [-0.25, -0.2) is 4.98 Å². The molecule has 1 aliphatic rings. The summed E-state index contributed by atoms with van der Waals surface area (Å²) in [6.45, 7) is 3.95. The Morgan fingerprint density at radius 1 is 1.22 bits per heavy atom. The molecule has 0 amide bonds. The topological polar surface area (TPSA) is 85.7 Å². The molecule has 0 aliphatic heterocycles. The first-order valence-corrected chi connectivity index (χ1v) is 8.65. The summed E-state index contributed by atoms with van der Waals surface area (Å²) in [4.78, 5) is 7.85. The average molecular weight is 378 g/mol. The van der Waals surface area contributed by atoms with E-state index in [1.807, 2.05) is 19.9 Å². The Labute approximate surface area is 155 Å². The van der Waals surface area contributed by atoms with Crippen LogP contribution < -0.4 is 16.0 Å². The molecule has 1 aromatic carbocycles. The van der Waals surface area contributed by atoms with Crippen LogP contribution in [0.3, 0.4) is 0 Å². The second-order valence-corrected chi connectivity index (χ2v) is 6.71. The molecule has 0 atom stereocenters. The molecule has 1 saturated carbocycles. The summed E-state index contributed by atoms with van der Waals surface area (Å²) in [5, 5.41) is 16.7. The van der Waals surface area contributed by atoms with Gasteiger partial charge in [-0.05, 0) is 38.8 Å². The molecule has 1 fully saturated rings. The predicted octanol–water partition coefficient (Wildman–Crippen LogP) is 4.63. The van der Waals surface area contributed by atoms with Crippen LogP contribution in [0.1, 0.15) is 37.8 Å². The Balaban J connectivity index is 1.92. The molecule has 0 unspecified atom stereocenters. The fraction of sp³-hybridized carbons (Fsp3) is 0.389. The molecule has 4 N–H and O–H groups in total. The van der Waals surface area contributed by atoms with Crippen LogP contribution in [0.15, 0.2) is 24.4 Å². The molecule has 6 nitrogen and oxygen atoms in total. The highest BCUT2D eigenvalue weighted by Gasteiger charge is 2.36. The molecule has 144 valence electrons. The molecule has 9 heteroatoms. The van der Waals surface area contributed by atoms with Crippen molar-refractivity contribution < 1.29 is 13.2 Å². The number of nitrogens with one attached hydrogen (secondary N) is 4. The van der Waals surface area contributed by atoms with E-state index < -0.39 is 11.7 Å². The zero-order valence-corrected chi connectivity index (χ0v) is 15.0. The Kier molecular flexibility index (Phi) is 5.20. The third-order valence-corrected chi connectivity index (χ3v) is 3.95. The standard InChI is InChI=1S/C18H21F3N6/c1-10(2)24-14-4-3-5-15(12(14)8-22)26-17-23-9-13(18(19,20)21)16(27-17)25-11-6-7-11/h3-5,8-11,22,24H,6-7H2,1-2H3,(H2,23,25,26,27). The Morgan fingerprint density at radius 3 is 2.52 bits per heavy atom. The molecule has 0 saturated heterocycles. The smallest absolute Gasteiger partial charge is 0.382 e. The highest BCUT2D eigenvalue weighted by Crippen LogP contribution is 2.36. The van der Waals surface area contributed by atoms with Gasteiger partial charge in [-0.1, -0.05) is 6.07 Å². The lowest BCUT2D eigenvalue weighted by Crippen LogP contribution is -2.16. The van der Waals surface area contributed by atoms with Crippen LogP contribution in [0.2, 0.25) is 0 Å². The van der Waals surface area contributed by atoms with Gasteiger partial charge in [-0.3, -0.25) is 0 Å². The summed E-state index contributed by atoms with van der Waals surface area (Å²) in [7, 11) is 0. The maximum absolute atomic E-state index is 13.2. The van der Waals surface area contributed by atoms with Gasteiger partial charge < -0.3 is 21.4 Å². The number of anilines is 4. The normalized spacial score (nSPS) is 14.1. The second-order valence-electron chi connectivity index (χ2n) is 6.71. The van der Waals surface area contributed by atoms with E-state index in [0.717, 1.165) is 24.7 Å². The quantitative estimate of drug-likeness (QED) is 0.528. The van der Waals surface area contributed by atoms with Crippen molar-refractivity contribution >= 4 is 29.4 Å². The van der Waals surface area contributed by atoms with E-state index in [1.165, 1.54) is 6.21 Å². The fourth-order valence-electron chi connectivity index (χ4n) is 2.57. The number of nitrogens with zero attached hydrogens (tertiary/aromatic N) is 2. The van der Waals surface area contributed by atoms with Crippen LogP contribution in [-0.4, -0.2) is 28.3 Å². The first-order chi connectivity index (χ1) is 12.8. The highest BCUT2D eigenvalue weighted by atomic mass is 19.4. The maximum atomic E-state index is 13.2. The molecule has 0 spiro atoms. The van der Waals surface area contributed by atoms with Crippen molar-refractivity contribution in [3.63, 3.8) is 0 Å². The molecule has 0 bridgehead atoms. The predicted molar refractivity (Wildman–Crippen MR) is 100 cm³/mol. The van der Waals surface area contributed by atoms with Crippen molar-refractivity contribution in [1.82, 2.24) is 9.97 Å². The molecule has 1 aromatic heterocycles. The molecule has 2 aromatic rings. The van der Waals surface area contributed by atoms with E-state index in [-0.39, 0.29) is 23.8 Å². The lowest BCUT2D eigenvalue weighted by molar-refractivity contribution is -0.137. The van der Waals surface area contributed by atoms with E-state index in [2.05, 4.69) is 25.9 Å². The highest BCUT2D eigenvalue weighted by molar-refractivity contribution is 5.94. The number of benzene rings is 1. The SMILES string of the molecule is CC(C)Nc1cccc(Nc2ncc(C(F)(F)F)c(NC3CC3)n2)c1C=N. The summed E-state index contributed by atoms with van der Waals surface area (Å²) in [6.07, 6.45) is -0.923. The Morgan fingerprint density at radius 2 is 1.93 bits per heavy atom. The molecular formula is C18H21F3N6. The van der Waals surface area contributed by atoms with E-state index in [4.69, 9.17) is 5.41 Å². The van der Waals surface area contributed by atoms with Gasteiger partial charge in [-0.2, -0.15) is 18.2 Å². The number of hydrogen-bond acceptors (Lipinski definition) is 6. The number of aromatic nitrogens is 2. The molecule has 3 rings (SSSR count). The van der Waals surface area contributed by atoms with Gasteiger partial charge in [0.05, 0.1) is 5.69 Å². The van der Waals surface area contributed by atoms with E-state index >= 15 is 0 Å². The zero-order chi connectivity index (χ0) is 19.6. The number of alkyl halides is 3. The van der Waals surface area contributed by atoms with Crippen LogP contribution in [0.25, 0.3) is 0 Å². The van der Waals surface area contributed by atoms with Crippen LogP contribution >= 0.6 is 0 Å². The third kappa shape index (κ3) is 4.66. The van der Waals surface area contributed by atoms with E-state index in [0.29, 0.717) is 11.3 Å². The van der Waals surface area contributed by atoms with Gasteiger partial charge in [0, 0.05) is 35.7 Å². The van der Waals surface area contributed by atoms with E-state index in [9.17, 15) is 13.2 Å². The van der Waals surface area contributed by atoms with Gasteiger partial charge >= 0.3 is 6.18 Å². The van der Waals surface area contributed by atoms with Gasteiger partial charge in [0.15, 0.2) is 0 Å². The van der Waals surface area contributed by atoms with Crippen LogP contribution in [0.5, 0.6) is 0 Å². The third-order valence-electron chi connectivity index (χ3n) is 3.95. The minimum Gasteiger partial charge on any atom is -0.382 e. The van der Waals surface area contributed by atoms with Gasteiger partial charge in [0.25, 0.3) is 0 Å². The van der Waals surface area contributed by atoms with E-state index in [1.54, 1.807) is 12.1 Å². The number of halogens is 3. The molecule has 1 aliphatic carbocycles. The van der Waals surface area contributed by atoms with Gasteiger partial charge in [0.2, 0.25) is 5.95 Å². The zero-order valence-electron chi connectivity index (χ0n) is 15.0. The summed E-state index contributed by atoms with van der Waals surface area (Å²) in [5.41, 5.74) is 0.967. The summed E-state index contributed by atoms with van der Waals surface area (Å²) >= 11 is 0. The van der Waals surface area contributed by atoms with Crippen molar-refractivity contribution in [2.24, 2.45) is 0 Å². The summed E-state index contributed by atoms with van der Waals surface area (Å²) in [6, 6.07) is 5.52. The summed E-state index contributed by atoms with van der Waals surface area (Å²) < 4.78 is 39.6. The number of rotatable bonds is 7. The monoisotopic (exact) mass is 378 g/mol. The largest absolute Gasteiger partial charge is 0.421 e. The van der Waals surface area contributed by atoms with Crippen LogP contribution in [-0.2, 0) is 6.18 Å². The number of hydrogen-bond donors (Lipinski definition) is 4. The lowest BCUT2D eigenvalue weighted by atomic mass is 10.1. The second kappa shape index (κ2) is 7.42. The van der Waals surface area contributed by atoms with Crippen molar-refractivity contribution in [3.8, 4) is 0 Å². The van der Waals surface area contributed by atoms with Gasteiger partial charge in [-0.15, -0.1) is 0 Å². The Bertz CT molecular complexity index is 830. The minimum atomic E-state index is -4.53. The van der Waals surface area contributed by atoms with Crippen LogP contribution in [0.4, 0.5) is 36.3 Å². The van der Waals surface area contributed by atoms with Crippen molar-refractivity contribution in [2.45, 2.75) is 44.9 Å². The first-order valence-electron chi connectivity index (χ1n) is 8.65. The van der Waals surface area contributed by atoms with Crippen molar-refractivity contribution in [3.05, 3.63) is 35.5 Å². The Hall–Kier alpha value is -2.84. The van der Waals surface area contributed by atoms with Crippen LogP contribution in [0, 0.1) is 5.41 Å². The van der Waals surface area contributed by atoms with Crippen molar-refractivity contribution in [2.75, 3.05) is 16.0 Å². The van der Waals surface area contributed by atoms with Gasteiger partial charge in [0.1, 0.15) is 11.4 Å². The first kappa shape index (κ1) is 18.9. The minimum absolute atomic E-state index is 0.0181. The molecule has 1 heterocycles. The summed E-state index contributed by atoms with van der Waals surface area (Å²) in [5.74, 6) is -0.189. The lowest BCUT2D eigenvalue weighted by Gasteiger charge is -2.17. The molecular weight excluding hydrogens is 357 g/mol. The fourth-order valence-corrected chi connectivity index (χ4v) is 2.57. The molecule has 0 radical (unpaired) electrons. The van der Waals surface area contributed by atoms with Crippen molar-refractivity contribution in [1.29, 1.82) is 5.41 Å². The average Bonchev–Trinajstić information content (AvgIpc) is 3.38. The maximum Gasteiger partial charge on any atom is 0.421 e. The molecule has 27 heavy (non-hydrogen) atoms.